The van der Waals surface area contributed by atoms with E-state index in [1.807, 2.05) is 50.4 Å². The van der Waals surface area contributed by atoms with Crippen molar-refractivity contribution in [3.05, 3.63) is 69.2 Å². The van der Waals surface area contributed by atoms with E-state index < -0.39 is 0 Å². The standard InChI is InChI=1S/C18H20Cl2N2O/c1-13-5-3-4-6-14(13)10-21-18(23)12-22(2)11-15-7-8-16(19)9-17(15)20/h3-9H,10-12H2,1-2H3,(H,21,23)/p+1. The minimum absolute atomic E-state index is 0.0239. The summed E-state index contributed by atoms with van der Waals surface area (Å²) in [5.41, 5.74) is 3.31. The number of carbonyl (C=O) groups excluding carboxylic acids is 1. The molecule has 0 spiro atoms. The maximum absolute atomic E-state index is 12.1. The molecule has 122 valence electrons. The van der Waals surface area contributed by atoms with Gasteiger partial charge < -0.3 is 10.2 Å². The lowest BCUT2D eigenvalue weighted by Crippen LogP contribution is -3.08. The van der Waals surface area contributed by atoms with Crippen LogP contribution in [-0.4, -0.2) is 19.5 Å². The lowest BCUT2D eigenvalue weighted by molar-refractivity contribution is -0.885. The third-order valence-corrected chi connectivity index (χ3v) is 4.29. The average Bonchev–Trinajstić information content (AvgIpc) is 2.49. The van der Waals surface area contributed by atoms with Crippen LogP contribution >= 0.6 is 23.2 Å². The number of quaternary nitrogens is 1. The van der Waals surface area contributed by atoms with Crippen molar-refractivity contribution >= 4 is 29.1 Å². The Hall–Kier alpha value is -1.55. The van der Waals surface area contributed by atoms with Crippen molar-refractivity contribution in [3.63, 3.8) is 0 Å². The van der Waals surface area contributed by atoms with Crippen molar-refractivity contribution in [2.75, 3.05) is 13.6 Å². The van der Waals surface area contributed by atoms with E-state index in [0.717, 1.165) is 16.0 Å². The van der Waals surface area contributed by atoms with Crippen molar-refractivity contribution < 1.29 is 9.69 Å². The molecule has 0 aliphatic rings. The van der Waals surface area contributed by atoms with Gasteiger partial charge in [-0.25, -0.2) is 0 Å². The molecule has 0 fully saturated rings. The molecule has 1 atom stereocenters. The monoisotopic (exact) mass is 351 g/mol. The van der Waals surface area contributed by atoms with Gasteiger partial charge in [0, 0.05) is 17.1 Å². The molecule has 2 rings (SSSR count). The second-order valence-electron chi connectivity index (χ2n) is 5.75. The zero-order chi connectivity index (χ0) is 16.8. The SMILES string of the molecule is Cc1ccccc1CNC(=O)C[NH+](C)Cc1ccc(Cl)cc1Cl. The van der Waals surface area contributed by atoms with Gasteiger partial charge in [0.1, 0.15) is 6.54 Å². The van der Waals surface area contributed by atoms with Gasteiger partial charge in [-0.05, 0) is 30.2 Å². The summed E-state index contributed by atoms with van der Waals surface area (Å²) in [4.78, 5) is 13.1. The molecule has 2 N–H and O–H groups in total. The van der Waals surface area contributed by atoms with Crippen LogP contribution < -0.4 is 10.2 Å². The van der Waals surface area contributed by atoms with Crippen molar-refractivity contribution in [2.45, 2.75) is 20.0 Å². The predicted molar refractivity (Wildman–Crippen MR) is 94.9 cm³/mol. The predicted octanol–water partition coefficient (Wildman–Crippen LogP) is 2.63. The quantitative estimate of drug-likeness (QED) is 0.823. The summed E-state index contributed by atoms with van der Waals surface area (Å²) in [7, 11) is 1.97. The number of nitrogens with one attached hydrogen (secondary N) is 2. The molecular formula is C18H21Cl2N2O+. The molecule has 5 heteroatoms. The van der Waals surface area contributed by atoms with E-state index in [-0.39, 0.29) is 5.91 Å². The van der Waals surface area contributed by atoms with Crippen LogP contribution in [0.3, 0.4) is 0 Å². The number of benzene rings is 2. The number of carbonyl (C=O) groups is 1. The van der Waals surface area contributed by atoms with Crippen molar-refractivity contribution in [2.24, 2.45) is 0 Å². The Morgan fingerprint density at radius 1 is 1.13 bits per heavy atom. The maximum atomic E-state index is 12.1. The number of amides is 1. The number of hydrogen-bond donors (Lipinski definition) is 2. The number of aryl methyl sites for hydroxylation is 1. The van der Waals surface area contributed by atoms with Gasteiger partial charge in [-0.15, -0.1) is 0 Å². The second kappa shape index (κ2) is 8.34. The molecule has 1 unspecified atom stereocenters. The van der Waals surface area contributed by atoms with E-state index in [4.69, 9.17) is 23.2 Å². The molecule has 2 aromatic rings. The second-order valence-corrected chi connectivity index (χ2v) is 6.59. The average molecular weight is 352 g/mol. The molecule has 0 radical (unpaired) electrons. The summed E-state index contributed by atoms with van der Waals surface area (Å²) in [6.45, 7) is 3.67. The Morgan fingerprint density at radius 2 is 1.87 bits per heavy atom. The first-order valence-corrected chi connectivity index (χ1v) is 8.27. The summed E-state index contributed by atoms with van der Waals surface area (Å²) in [6, 6.07) is 13.5. The van der Waals surface area contributed by atoms with Gasteiger partial charge in [0.15, 0.2) is 6.54 Å². The summed E-state index contributed by atoms with van der Waals surface area (Å²) in [5.74, 6) is 0.0239. The molecule has 0 aromatic heterocycles. The number of rotatable bonds is 6. The Balaban J connectivity index is 1.84. The highest BCUT2D eigenvalue weighted by molar-refractivity contribution is 6.35. The van der Waals surface area contributed by atoms with E-state index in [1.54, 1.807) is 6.07 Å². The fourth-order valence-electron chi connectivity index (χ4n) is 2.39. The van der Waals surface area contributed by atoms with E-state index in [9.17, 15) is 4.79 Å². The van der Waals surface area contributed by atoms with Crippen LogP contribution in [0.2, 0.25) is 10.0 Å². The van der Waals surface area contributed by atoms with Gasteiger partial charge in [-0.3, -0.25) is 4.79 Å². The fraction of sp³-hybridized carbons (Fsp3) is 0.278. The zero-order valence-corrected chi connectivity index (χ0v) is 14.8. The van der Waals surface area contributed by atoms with Gasteiger partial charge >= 0.3 is 0 Å². The summed E-state index contributed by atoms with van der Waals surface area (Å²) in [5, 5.41) is 4.22. The maximum Gasteiger partial charge on any atom is 0.275 e. The highest BCUT2D eigenvalue weighted by atomic mass is 35.5. The molecule has 0 aliphatic heterocycles. The molecule has 23 heavy (non-hydrogen) atoms. The van der Waals surface area contributed by atoms with E-state index in [0.29, 0.717) is 29.7 Å². The first kappa shape index (κ1) is 17.8. The first-order valence-electron chi connectivity index (χ1n) is 7.52. The largest absolute Gasteiger partial charge is 0.347 e. The summed E-state index contributed by atoms with van der Waals surface area (Å²) in [6.07, 6.45) is 0. The molecular weight excluding hydrogens is 331 g/mol. The van der Waals surface area contributed by atoms with Crippen LogP contribution in [0.1, 0.15) is 16.7 Å². The summed E-state index contributed by atoms with van der Waals surface area (Å²) < 4.78 is 0. The van der Waals surface area contributed by atoms with Gasteiger partial charge in [0.2, 0.25) is 0 Å². The van der Waals surface area contributed by atoms with E-state index in [2.05, 4.69) is 5.32 Å². The van der Waals surface area contributed by atoms with Crippen LogP contribution in [0.15, 0.2) is 42.5 Å². The van der Waals surface area contributed by atoms with Crippen molar-refractivity contribution in [1.29, 1.82) is 0 Å². The van der Waals surface area contributed by atoms with Crippen molar-refractivity contribution in [1.82, 2.24) is 5.32 Å². The zero-order valence-electron chi connectivity index (χ0n) is 13.3. The lowest BCUT2D eigenvalue weighted by Gasteiger charge is -2.15. The van der Waals surface area contributed by atoms with Crippen LogP contribution in [0.4, 0.5) is 0 Å². The number of halogens is 2. The number of hydrogen-bond acceptors (Lipinski definition) is 1. The van der Waals surface area contributed by atoms with Gasteiger partial charge in [0.05, 0.1) is 12.1 Å². The molecule has 0 heterocycles. The minimum atomic E-state index is 0.0239. The molecule has 0 saturated heterocycles. The Bertz CT molecular complexity index is 688. The topological polar surface area (TPSA) is 33.5 Å². The number of likely N-dealkylation sites (N-methyl/N-ethyl adjacent to an activating group) is 1. The fourth-order valence-corrected chi connectivity index (χ4v) is 2.87. The van der Waals surface area contributed by atoms with Crippen LogP contribution in [0, 0.1) is 6.92 Å². The smallest absolute Gasteiger partial charge is 0.275 e. The molecule has 1 amide bonds. The molecule has 3 nitrogen and oxygen atoms in total. The highest BCUT2D eigenvalue weighted by Gasteiger charge is 2.12. The van der Waals surface area contributed by atoms with Gasteiger partial charge in [-0.2, -0.15) is 0 Å². The minimum Gasteiger partial charge on any atom is -0.347 e. The van der Waals surface area contributed by atoms with Gasteiger partial charge in [0.25, 0.3) is 5.91 Å². The van der Waals surface area contributed by atoms with Gasteiger partial charge in [-0.1, -0.05) is 53.5 Å². The molecule has 0 bridgehead atoms. The van der Waals surface area contributed by atoms with Crippen LogP contribution in [0.5, 0.6) is 0 Å². The van der Waals surface area contributed by atoms with E-state index in [1.165, 1.54) is 5.56 Å². The Morgan fingerprint density at radius 3 is 2.57 bits per heavy atom. The third-order valence-electron chi connectivity index (χ3n) is 3.71. The van der Waals surface area contributed by atoms with Crippen molar-refractivity contribution in [3.8, 4) is 0 Å². The normalized spacial score (nSPS) is 12.0. The molecule has 0 saturated carbocycles. The molecule has 2 aromatic carbocycles. The van der Waals surface area contributed by atoms with E-state index >= 15 is 0 Å². The lowest BCUT2D eigenvalue weighted by atomic mass is 10.1. The Labute approximate surface area is 147 Å². The third kappa shape index (κ3) is 5.54. The Kier molecular flexibility index (Phi) is 6.46. The highest BCUT2D eigenvalue weighted by Crippen LogP contribution is 2.20. The summed E-state index contributed by atoms with van der Waals surface area (Å²) >= 11 is 12.1. The first-order chi connectivity index (χ1) is 11.0. The van der Waals surface area contributed by atoms with Crippen LogP contribution in [-0.2, 0) is 17.9 Å². The molecule has 0 aliphatic carbocycles. The van der Waals surface area contributed by atoms with Crippen LogP contribution in [0.25, 0.3) is 0 Å².